The lowest BCUT2D eigenvalue weighted by molar-refractivity contribution is 0.477. The number of aromatic nitrogens is 2. The first kappa shape index (κ1) is 8.64. The molecule has 0 atom stereocenters. The van der Waals surface area contributed by atoms with E-state index < -0.39 is 0 Å². The van der Waals surface area contributed by atoms with Crippen LogP contribution < -0.4 is 0 Å². The average Bonchev–Trinajstić information content (AvgIpc) is 2.47. The Morgan fingerprint density at radius 2 is 2.43 bits per heavy atom. The van der Waals surface area contributed by atoms with Gasteiger partial charge in [0.25, 0.3) is 0 Å². The third-order valence-corrected chi connectivity index (χ3v) is 2.20. The lowest BCUT2D eigenvalue weighted by Gasteiger charge is -1.98. The summed E-state index contributed by atoms with van der Waals surface area (Å²) < 4.78 is 1.82. The number of aryl methyl sites for hydroxylation is 1. The number of hydrogen-bond acceptors (Lipinski definition) is 2. The van der Waals surface area contributed by atoms with E-state index in [-0.39, 0.29) is 5.75 Å². The van der Waals surface area contributed by atoms with Gasteiger partial charge in [-0.15, -0.1) is 12.3 Å². The van der Waals surface area contributed by atoms with Crippen LogP contribution in [-0.4, -0.2) is 14.5 Å². The van der Waals surface area contributed by atoms with Crippen molar-refractivity contribution in [3.05, 3.63) is 29.7 Å². The first-order chi connectivity index (χ1) is 6.74. The smallest absolute Gasteiger partial charge is 0.179 e. The van der Waals surface area contributed by atoms with E-state index in [1.54, 1.807) is 12.1 Å². The molecule has 2 aromatic heterocycles. The molecule has 3 nitrogen and oxygen atoms in total. The predicted molar refractivity (Wildman–Crippen MR) is 54.1 cm³/mol. The summed E-state index contributed by atoms with van der Waals surface area (Å²) in [6.45, 7) is 1.89. The van der Waals surface area contributed by atoms with Crippen LogP contribution >= 0.6 is 0 Å². The van der Waals surface area contributed by atoms with E-state index in [0.29, 0.717) is 12.1 Å². The van der Waals surface area contributed by atoms with Crippen LogP contribution in [0.4, 0.5) is 0 Å². The van der Waals surface area contributed by atoms with E-state index in [9.17, 15) is 5.11 Å². The summed E-state index contributed by atoms with van der Waals surface area (Å²) >= 11 is 0. The van der Waals surface area contributed by atoms with Crippen molar-refractivity contribution >= 4 is 5.65 Å². The molecule has 14 heavy (non-hydrogen) atoms. The van der Waals surface area contributed by atoms with Gasteiger partial charge in [-0.1, -0.05) is 0 Å². The molecule has 70 valence electrons. The maximum Gasteiger partial charge on any atom is 0.179 e. The second-order valence-electron chi connectivity index (χ2n) is 3.11. The van der Waals surface area contributed by atoms with Gasteiger partial charge in [-0.25, -0.2) is 4.98 Å². The summed E-state index contributed by atoms with van der Waals surface area (Å²) in [5.74, 6) is 2.76. The molecule has 0 aromatic carbocycles. The van der Waals surface area contributed by atoms with E-state index in [0.717, 1.165) is 11.4 Å². The SMILES string of the molecule is C#CCc1c(C)nc2c(O)cccn12. The first-order valence-electron chi connectivity index (χ1n) is 4.33. The van der Waals surface area contributed by atoms with E-state index in [1.807, 2.05) is 17.5 Å². The summed E-state index contributed by atoms with van der Waals surface area (Å²) in [7, 11) is 0. The maximum absolute atomic E-state index is 9.54. The summed E-state index contributed by atoms with van der Waals surface area (Å²) in [5, 5.41) is 9.54. The van der Waals surface area contributed by atoms with Gasteiger partial charge in [0, 0.05) is 6.20 Å². The van der Waals surface area contributed by atoms with Crippen molar-refractivity contribution in [2.45, 2.75) is 13.3 Å². The molecule has 0 bridgehead atoms. The minimum Gasteiger partial charge on any atom is -0.504 e. The molecule has 0 unspecified atom stereocenters. The standard InChI is InChI=1S/C11H10N2O/c1-3-5-9-8(2)12-11-10(14)6-4-7-13(9)11/h1,4,6-7,14H,5H2,2H3. The fraction of sp³-hybridized carbons (Fsp3) is 0.182. The molecule has 0 aliphatic carbocycles. The van der Waals surface area contributed by atoms with Crippen molar-refractivity contribution in [1.82, 2.24) is 9.38 Å². The molecule has 0 spiro atoms. The quantitative estimate of drug-likeness (QED) is 0.686. The van der Waals surface area contributed by atoms with Crippen molar-refractivity contribution in [1.29, 1.82) is 0 Å². The fourth-order valence-electron chi connectivity index (χ4n) is 1.53. The normalized spacial score (nSPS) is 10.3. The molecule has 0 fully saturated rings. The predicted octanol–water partition coefficient (Wildman–Crippen LogP) is 1.52. The van der Waals surface area contributed by atoms with E-state index in [4.69, 9.17) is 6.42 Å². The van der Waals surface area contributed by atoms with Crippen LogP contribution in [0.5, 0.6) is 5.75 Å². The molecule has 0 aliphatic heterocycles. The van der Waals surface area contributed by atoms with Gasteiger partial charge in [0.05, 0.1) is 17.8 Å². The molecule has 0 saturated carbocycles. The Labute approximate surface area is 82.0 Å². The molecular formula is C11H10N2O. The van der Waals surface area contributed by atoms with Gasteiger partial charge in [-0.2, -0.15) is 0 Å². The molecule has 3 heteroatoms. The maximum atomic E-state index is 9.54. The van der Waals surface area contributed by atoms with E-state index in [2.05, 4.69) is 10.9 Å². The zero-order valence-corrected chi connectivity index (χ0v) is 7.86. The van der Waals surface area contributed by atoms with Crippen LogP contribution in [0.1, 0.15) is 11.4 Å². The number of pyridine rings is 1. The van der Waals surface area contributed by atoms with Crippen molar-refractivity contribution < 1.29 is 5.11 Å². The zero-order valence-electron chi connectivity index (χ0n) is 7.86. The van der Waals surface area contributed by atoms with Crippen molar-refractivity contribution in [3.8, 4) is 18.1 Å². The van der Waals surface area contributed by atoms with Crippen molar-refractivity contribution in [2.75, 3.05) is 0 Å². The Hall–Kier alpha value is -1.95. The minimum absolute atomic E-state index is 0.180. The summed E-state index contributed by atoms with van der Waals surface area (Å²) in [6.07, 6.45) is 7.64. The Balaban J connectivity index is 2.78. The Bertz CT molecular complexity index is 520. The van der Waals surface area contributed by atoms with Crippen molar-refractivity contribution in [3.63, 3.8) is 0 Å². The highest BCUT2D eigenvalue weighted by Gasteiger charge is 2.09. The molecule has 0 amide bonds. The molecule has 2 heterocycles. The highest BCUT2D eigenvalue weighted by molar-refractivity contribution is 5.55. The van der Waals surface area contributed by atoms with Crippen LogP contribution in [0.2, 0.25) is 0 Å². The summed E-state index contributed by atoms with van der Waals surface area (Å²) in [6, 6.07) is 3.38. The van der Waals surface area contributed by atoms with Crippen LogP contribution in [0.15, 0.2) is 18.3 Å². The summed E-state index contributed by atoms with van der Waals surface area (Å²) in [4.78, 5) is 4.25. The van der Waals surface area contributed by atoms with Gasteiger partial charge >= 0.3 is 0 Å². The molecule has 0 radical (unpaired) electrons. The monoisotopic (exact) mass is 186 g/mol. The van der Waals surface area contributed by atoms with Gasteiger partial charge < -0.3 is 5.11 Å². The molecule has 1 N–H and O–H groups in total. The average molecular weight is 186 g/mol. The van der Waals surface area contributed by atoms with Gasteiger partial charge in [-0.05, 0) is 19.1 Å². The van der Waals surface area contributed by atoms with Crippen LogP contribution in [0, 0.1) is 19.3 Å². The van der Waals surface area contributed by atoms with E-state index in [1.165, 1.54) is 0 Å². The molecular weight excluding hydrogens is 176 g/mol. The number of hydrogen-bond donors (Lipinski definition) is 1. The van der Waals surface area contributed by atoms with E-state index >= 15 is 0 Å². The molecule has 2 aromatic rings. The fourth-order valence-corrected chi connectivity index (χ4v) is 1.53. The van der Waals surface area contributed by atoms with Gasteiger partial charge in [-0.3, -0.25) is 4.40 Å². The Kier molecular flexibility index (Phi) is 1.90. The number of aromatic hydroxyl groups is 1. The van der Waals surface area contributed by atoms with Crippen LogP contribution in [0.3, 0.4) is 0 Å². The lowest BCUT2D eigenvalue weighted by Crippen LogP contribution is -1.92. The molecule has 0 saturated heterocycles. The molecule has 2 rings (SSSR count). The number of rotatable bonds is 1. The Morgan fingerprint density at radius 1 is 1.64 bits per heavy atom. The highest BCUT2D eigenvalue weighted by atomic mass is 16.3. The third-order valence-electron chi connectivity index (χ3n) is 2.20. The largest absolute Gasteiger partial charge is 0.504 e. The van der Waals surface area contributed by atoms with Gasteiger partial charge in [0.1, 0.15) is 0 Å². The number of imidazole rings is 1. The minimum atomic E-state index is 0.180. The number of terminal acetylenes is 1. The first-order valence-corrected chi connectivity index (χ1v) is 4.33. The van der Waals surface area contributed by atoms with Crippen LogP contribution in [-0.2, 0) is 6.42 Å². The molecule has 0 aliphatic rings. The van der Waals surface area contributed by atoms with Gasteiger partial charge in [0.15, 0.2) is 11.4 Å². The second kappa shape index (κ2) is 3.08. The topological polar surface area (TPSA) is 37.5 Å². The van der Waals surface area contributed by atoms with Crippen LogP contribution in [0.25, 0.3) is 5.65 Å². The Morgan fingerprint density at radius 3 is 3.14 bits per heavy atom. The number of nitrogens with zero attached hydrogens (tertiary/aromatic N) is 2. The van der Waals surface area contributed by atoms with Gasteiger partial charge in [0.2, 0.25) is 0 Å². The number of fused-ring (bicyclic) bond motifs is 1. The third kappa shape index (κ3) is 1.12. The second-order valence-corrected chi connectivity index (χ2v) is 3.11. The lowest BCUT2D eigenvalue weighted by atomic mass is 10.2. The van der Waals surface area contributed by atoms with Crippen molar-refractivity contribution in [2.24, 2.45) is 0 Å². The zero-order chi connectivity index (χ0) is 10.1. The summed E-state index contributed by atoms with van der Waals surface area (Å²) in [5.41, 5.74) is 2.39. The highest BCUT2D eigenvalue weighted by Crippen LogP contribution is 2.20.